The Balaban J connectivity index is 0. The molecule has 5 rings (SSSR count). The number of hydrogen-bond acceptors (Lipinski definition) is 30. The molecule has 20 atom stereocenters. The summed E-state index contributed by atoms with van der Waals surface area (Å²) in [6, 6.07) is -0.851. The quantitative estimate of drug-likeness (QED) is 0.0195. The molecule has 462 valence electrons. The van der Waals surface area contributed by atoms with Gasteiger partial charge in [-0.15, -0.1) is 5.06 Å². The number of aliphatic hydroxyl groups is 15. The van der Waals surface area contributed by atoms with Crippen LogP contribution in [0.25, 0.3) is 0 Å². The number of ether oxygens (including phenoxy) is 8. The van der Waals surface area contributed by atoms with Gasteiger partial charge in [0.05, 0.1) is 38.6 Å². The minimum absolute atomic E-state index is 0. The number of carbonyl (C=O) groups excluding carboxylic acids is 6. The van der Waals surface area contributed by atoms with Crippen molar-refractivity contribution in [2.45, 2.75) is 181 Å². The Hall–Kier alpha value is -2.31. The number of hydrogen-bond donors (Lipinski definition) is 16. The topological polar surface area (TPSA) is 504 Å². The molecule has 5 aliphatic rings. The smallest absolute Gasteiger partial charge is 0.542 e. The molecule has 0 spiro atoms. The Morgan fingerprint density at radius 1 is 0.556 bits per heavy atom. The maximum Gasteiger partial charge on any atom is 1.00 e. The van der Waals surface area contributed by atoms with Crippen LogP contribution >= 0.6 is 0 Å². The van der Waals surface area contributed by atoms with E-state index in [0.29, 0.717) is 17.9 Å². The average Bonchev–Trinajstić information content (AvgIpc) is 3.75. The molecule has 0 aliphatic carbocycles. The van der Waals surface area contributed by atoms with Gasteiger partial charge in [0.2, 0.25) is 5.91 Å². The molecule has 0 radical (unpaired) electrons. The van der Waals surface area contributed by atoms with Crippen LogP contribution < -0.4 is 43.0 Å². The largest absolute Gasteiger partial charge is 1.00 e. The van der Waals surface area contributed by atoms with Gasteiger partial charge >= 0.3 is 43.7 Å². The van der Waals surface area contributed by atoms with E-state index in [1.807, 2.05) is 0 Å². The number of imide groups is 1. The summed E-state index contributed by atoms with van der Waals surface area (Å²) in [5, 5.41) is 141. The first-order valence-corrected chi connectivity index (χ1v) is 24.8. The van der Waals surface area contributed by atoms with Crippen molar-refractivity contribution < 1.29 is 186 Å². The molecule has 5 aliphatic heterocycles. The third kappa shape index (κ3) is 27.3. The average molecular weight is 1170 g/mol. The van der Waals surface area contributed by atoms with Gasteiger partial charge in [0.15, 0.2) is 25.2 Å². The van der Waals surface area contributed by atoms with Gasteiger partial charge in [-0.25, -0.2) is 11.1 Å². The first-order chi connectivity index (χ1) is 37.5. The van der Waals surface area contributed by atoms with Crippen molar-refractivity contribution in [3.05, 3.63) is 27.7 Å². The second kappa shape index (κ2) is 44.2. The molecule has 5 saturated heterocycles. The van der Waals surface area contributed by atoms with Crippen molar-refractivity contribution >= 4 is 36.3 Å². The zero-order valence-electron chi connectivity index (χ0n) is 45.2. The molecule has 5 fully saturated rings. The predicted octanol–water partition coefficient (Wildman–Crippen LogP) is -14.8. The van der Waals surface area contributed by atoms with E-state index in [2.05, 4.69) is 37.8 Å². The molecule has 0 aromatic carbocycles. The second-order valence-corrected chi connectivity index (χ2v) is 17.4. The number of rotatable bonds is 23. The van der Waals surface area contributed by atoms with Crippen LogP contribution in [0.5, 0.6) is 0 Å². The normalized spacial score (nSPS) is 33.8. The first-order valence-electron chi connectivity index (χ1n) is 24.8. The SMILES string of the molecule is O=[C-]CC[C@@H]([C-]=O)NC(=O)CCCCC(=O)ON1C(=O)CCC1=O.[CH2-]CO[C@H]1O[C@H](CO)C[C@H](O)[C@@H]1O.[CH2-]CO[C@H]1O[C@H](CO)[C@@H](O)[C@H](O)[C@@H]1O.[CH2-]CO[C@H]1O[C@H](CO)[C@@H](O)[C@H](O)[C@@H]1O.[CH2-]CO[C@H]1O[C@H](CO)[C@@H](O)[C@H](O)[C@@H]1O.[Li+].[Li+]. The minimum atomic E-state index is -1.39. The molecule has 0 unspecified atom stereocenters. The molecule has 0 aromatic heterocycles. The summed E-state index contributed by atoms with van der Waals surface area (Å²) in [5.41, 5.74) is 0. The van der Waals surface area contributed by atoms with E-state index in [1.165, 1.54) is 0 Å². The number of nitrogens with one attached hydrogen (secondary N) is 1. The molecule has 34 heteroatoms. The molecule has 5 heterocycles. The number of hydroxylamine groups is 2. The number of amides is 3. The van der Waals surface area contributed by atoms with E-state index < -0.39 is 166 Å². The van der Waals surface area contributed by atoms with Crippen LogP contribution in [0.15, 0.2) is 0 Å². The minimum Gasteiger partial charge on any atom is -0.542 e. The Morgan fingerprint density at radius 2 is 0.926 bits per heavy atom. The molecule has 81 heavy (non-hydrogen) atoms. The maximum absolute atomic E-state index is 11.6. The summed E-state index contributed by atoms with van der Waals surface area (Å²) in [7, 11) is 0. The van der Waals surface area contributed by atoms with E-state index in [9.17, 15) is 84.9 Å². The summed E-state index contributed by atoms with van der Waals surface area (Å²) in [6.45, 7) is 12.4. The summed E-state index contributed by atoms with van der Waals surface area (Å²) in [4.78, 5) is 71.0. The van der Waals surface area contributed by atoms with Crippen molar-refractivity contribution in [1.82, 2.24) is 10.4 Å². The molecular weight excluding hydrogens is 1090 g/mol. The molecule has 0 bridgehead atoms. The third-order valence-corrected chi connectivity index (χ3v) is 11.6. The van der Waals surface area contributed by atoms with E-state index >= 15 is 0 Å². The first kappa shape index (κ1) is 80.8. The van der Waals surface area contributed by atoms with E-state index in [0.717, 1.165) is 0 Å². The number of carbonyl (C=O) groups is 4. The van der Waals surface area contributed by atoms with Crippen LogP contribution in [-0.2, 0) is 71.5 Å². The van der Waals surface area contributed by atoms with E-state index in [1.54, 1.807) is 12.6 Å². The maximum atomic E-state index is 11.6. The monoisotopic (exact) mass is 1160 g/mol. The molecule has 32 nitrogen and oxygen atoms in total. The standard InChI is InChI=1S/C15H18N2O7.3C8H15O6.C8H15O5.2Li/c18-9-3-4-11(10-19)16-12(20)5-1-2-6-15(23)24-17-13(21)7-8-14(17)22;3*1-2-13-8-7(12)6(11)5(10)4(3-9)14-8;1-2-12-8-7(11)6(10)3-5(4-9)13-8;;/h11H,1-8H2,(H,16,20);3*4-12H,1-3H2;5-11H,1-4H2;;/q-2;4*-1;2*+1/t11-;3*4-,5-,6+,7+,8+;5-,6-,7-,8-;;/m01110../s1. The van der Waals surface area contributed by atoms with E-state index in [-0.39, 0.29) is 116 Å². The fourth-order valence-electron chi connectivity index (χ4n) is 7.24. The predicted molar refractivity (Wildman–Crippen MR) is 257 cm³/mol. The van der Waals surface area contributed by atoms with Crippen molar-refractivity contribution in [2.24, 2.45) is 0 Å². The summed E-state index contributed by atoms with van der Waals surface area (Å²) in [5.74, 6) is -2.21. The fourth-order valence-corrected chi connectivity index (χ4v) is 7.24. The van der Waals surface area contributed by atoms with Crippen molar-refractivity contribution in [3.8, 4) is 0 Å². The molecule has 0 aromatic rings. The summed E-state index contributed by atoms with van der Waals surface area (Å²) < 4.78 is 39.7. The van der Waals surface area contributed by atoms with Gasteiger partial charge in [-0.3, -0.25) is 20.7 Å². The van der Waals surface area contributed by atoms with E-state index in [4.69, 9.17) is 58.3 Å². The van der Waals surface area contributed by atoms with Crippen LogP contribution in [0.2, 0.25) is 0 Å². The van der Waals surface area contributed by atoms with Crippen LogP contribution in [-0.4, -0.2) is 294 Å². The van der Waals surface area contributed by atoms with Gasteiger partial charge in [0.25, 0.3) is 11.8 Å². The van der Waals surface area contributed by atoms with Crippen LogP contribution in [0.4, 0.5) is 0 Å². The van der Waals surface area contributed by atoms with Gasteiger partial charge in [0, 0.05) is 32.1 Å². The van der Waals surface area contributed by atoms with Gasteiger partial charge in [-0.1, -0.05) is 38.9 Å². The summed E-state index contributed by atoms with van der Waals surface area (Å²) in [6.07, 6.45) is -17.2. The number of aliphatic hydroxyl groups excluding tert-OH is 15. The van der Waals surface area contributed by atoms with Gasteiger partial charge in [-0.05, 0) is 12.8 Å². The van der Waals surface area contributed by atoms with Gasteiger partial charge < -0.3 is 162 Å². The molecule has 3 amide bonds. The zero-order chi connectivity index (χ0) is 59.9. The molecular formula is C47H78Li2N2O30-4. The van der Waals surface area contributed by atoms with Crippen molar-refractivity contribution in [2.75, 3.05) is 52.9 Å². The Kier molecular flexibility index (Phi) is 44.1. The Morgan fingerprint density at radius 3 is 1.26 bits per heavy atom. The van der Waals surface area contributed by atoms with Crippen LogP contribution in [0.3, 0.4) is 0 Å². The zero-order valence-corrected chi connectivity index (χ0v) is 45.2. The van der Waals surface area contributed by atoms with Gasteiger partial charge in [0.1, 0.15) is 79.4 Å². The number of nitrogens with zero attached hydrogens (tertiary/aromatic N) is 1. The third-order valence-electron chi connectivity index (χ3n) is 11.6. The molecule has 16 N–H and O–H groups in total. The van der Waals surface area contributed by atoms with Gasteiger partial charge in [-0.2, -0.15) is 6.42 Å². The molecule has 0 saturated carbocycles. The second-order valence-electron chi connectivity index (χ2n) is 17.4. The van der Waals surface area contributed by atoms with Crippen molar-refractivity contribution in [3.63, 3.8) is 0 Å². The number of unbranched alkanes of at least 4 members (excludes halogenated alkanes) is 1. The fraction of sp³-hybridized carbons (Fsp3) is 0.787. The van der Waals surface area contributed by atoms with Crippen molar-refractivity contribution in [1.29, 1.82) is 0 Å². The van der Waals surface area contributed by atoms with Crippen LogP contribution in [0, 0.1) is 27.7 Å². The Bertz CT molecular complexity index is 1620. The summed E-state index contributed by atoms with van der Waals surface area (Å²) >= 11 is 0. The Labute approximate surface area is 491 Å². The van der Waals surface area contributed by atoms with Crippen LogP contribution in [0.1, 0.15) is 57.8 Å².